The summed E-state index contributed by atoms with van der Waals surface area (Å²) in [5, 5.41) is 3.86. The molecule has 0 aliphatic heterocycles. The molecule has 3 nitrogen and oxygen atoms in total. The Morgan fingerprint density at radius 1 is 0.964 bits per heavy atom. The maximum Gasteiger partial charge on any atom is 0.161 e. The summed E-state index contributed by atoms with van der Waals surface area (Å²) >= 11 is 11.4. The highest BCUT2D eigenvalue weighted by atomic mass is 35.5. The monoisotopic (exact) mass is 415 g/mol. The molecule has 144 valence electrons. The largest absolute Gasteiger partial charge is 0.493 e. The van der Waals surface area contributed by atoms with Gasteiger partial charge in [-0.1, -0.05) is 48.1 Å². The van der Waals surface area contributed by atoms with Crippen LogP contribution in [0, 0.1) is 5.82 Å². The minimum atomic E-state index is -0.259. The summed E-state index contributed by atoms with van der Waals surface area (Å²) in [6.45, 7) is 0.913. The van der Waals surface area contributed by atoms with E-state index in [-0.39, 0.29) is 5.82 Å². The van der Waals surface area contributed by atoms with Gasteiger partial charge in [-0.15, -0.1) is 0 Å². The predicted molar refractivity (Wildman–Crippen MR) is 114 cm³/mol. The summed E-state index contributed by atoms with van der Waals surface area (Å²) in [4.78, 5) is 0.576. The van der Waals surface area contributed by atoms with Gasteiger partial charge in [0.15, 0.2) is 11.5 Å². The van der Waals surface area contributed by atoms with Crippen molar-refractivity contribution in [2.24, 2.45) is 0 Å². The molecule has 0 radical (unpaired) electrons. The number of hydrogen-bond donors (Lipinski definition) is 1. The number of benzene rings is 3. The summed E-state index contributed by atoms with van der Waals surface area (Å²) in [6.07, 6.45) is 0. The zero-order valence-electron chi connectivity index (χ0n) is 15.2. The van der Waals surface area contributed by atoms with Crippen LogP contribution >= 0.6 is 23.8 Å². The van der Waals surface area contributed by atoms with Gasteiger partial charge >= 0.3 is 0 Å². The Morgan fingerprint density at radius 3 is 2.32 bits per heavy atom. The van der Waals surface area contributed by atoms with Crippen molar-refractivity contribution in [2.45, 2.75) is 13.2 Å². The topological polar surface area (TPSA) is 30.5 Å². The van der Waals surface area contributed by atoms with E-state index in [1.807, 2.05) is 42.5 Å². The number of halogens is 2. The molecule has 3 aromatic carbocycles. The highest BCUT2D eigenvalue weighted by molar-refractivity contribution is 7.80. The first kappa shape index (κ1) is 20.1. The first-order valence-electron chi connectivity index (χ1n) is 8.63. The molecule has 6 heteroatoms. The van der Waals surface area contributed by atoms with Gasteiger partial charge in [-0.2, -0.15) is 0 Å². The van der Waals surface area contributed by atoms with Gasteiger partial charge in [0, 0.05) is 17.1 Å². The minimum Gasteiger partial charge on any atom is -0.493 e. The van der Waals surface area contributed by atoms with Crippen LogP contribution in [0.3, 0.4) is 0 Å². The number of thiocarbonyl (C=S) groups is 1. The second kappa shape index (κ2) is 9.53. The van der Waals surface area contributed by atoms with Crippen molar-refractivity contribution in [3.8, 4) is 11.5 Å². The average Bonchev–Trinajstić information content (AvgIpc) is 2.72. The lowest BCUT2D eigenvalue weighted by molar-refractivity contribution is 0.284. The second-order valence-electron chi connectivity index (χ2n) is 6.09. The molecule has 0 spiro atoms. The lowest BCUT2D eigenvalue weighted by atomic mass is 10.1. The van der Waals surface area contributed by atoms with Gasteiger partial charge in [0.1, 0.15) is 17.4 Å². The first-order chi connectivity index (χ1) is 13.5. The normalized spacial score (nSPS) is 10.4. The van der Waals surface area contributed by atoms with Crippen LogP contribution in [0.1, 0.15) is 16.7 Å². The Bertz CT molecular complexity index is 946. The average molecular weight is 416 g/mol. The minimum absolute atomic E-state index is 0.259. The lowest BCUT2D eigenvalue weighted by Gasteiger charge is -2.14. The molecule has 1 N–H and O–H groups in total. The molecule has 0 aliphatic carbocycles. The third-order valence-corrected chi connectivity index (χ3v) is 4.73. The van der Waals surface area contributed by atoms with E-state index in [0.717, 1.165) is 16.7 Å². The molecular weight excluding hydrogens is 397 g/mol. The molecule has 28 heavy (non-hydrogen) atoms. The predicted octanol–water partition coefficient (Wildman–Crippen LogP) is 5.53. The van der Waals surface area contributed by atoms with Gasteiger partial charge in [-0.25, -0.2) is 4.39 Å². The molecular formula is C22H19ClFNO2S. The summed E-state index contributed by atoms with van der Waals surface area (Å²) in [7, 11) is 1.59. The number of ether oxygens (including phenoxy) is 2. The van der Waals surface area contributed by atoms with Crippen molar-refractivity contribution in [3.63, 3.8) is 0 Å². The van der Waals surface area contributed by atoms with Crippen LogP contribution in [0.2, 0.25) is 5.02 Å². The number of nitrogens with one attached hydrogen (secondary N) is 1. The molecule has 0 saturated carbocycles. The van der Waals surface area contributed by atoms with Crippen molar-refractivity contribution >= 4 is 28.8 Å². The molecule has 0 fully saturated rings. The third-order valence-electron chi connectivity index (χ3n) is 4.10. The number of rotatable bonds is 7. The van der Waals surface area contributed by atoms with Gasteiger partial charge in [-0.05, 0) is 53.6 Å². The SMILES string of the molecule is COc1cc(C(=S)NCc2ccc(F)cc2)ccc1OCc1ccc(Cl)cc1. The molecule has 0 saturated heterocycles. The van der Waals surface area contributed by atoms with Crippen LogP contribution in [-0.2, 0) is 13.2 Å². The Labute approximate surface area is 174 Å². The summed E-state index contributed by atoms with van der Waals surface area (Å²) in [5.41, 5.74) is 2.76. The van der Waals surface area contributed by atoms with Gasteiger partial charge < -0.3 is 14.8 Å². The van der Waals surface area contributed by atoms with E-state index >= 15 is 0 Å². The fourth-order valence-electron chi connectivity index (χ4n) is 2.56. The molecule has 0 unspecified atom stereocenters. The number of methoxy groups -OCH3 is 1. The highest BCUT2D eigenvalue weighted by Crippen LogP contribution is 2.29. The van der Waals surface area contributed by atoms with Gasteiger partial charge in [0.25, 0.3) is 0 Å². The summed E-state index contributed by atoms with van der Waals surface area (Å²) < 4.78 is 24.3. The van der Waals surface area contributed by atoms with Crippen LogP contribution < -0.4 is 14.8 Å². The Morgan fingerprint density at radius 2 is 1.64 bits per heavy atom. The van der Waals surface area contributed by atoms with Crippen molar-refractivity contribution in [3.05, 3.63) is 94.3 Å². The smallest absolute Gasteiger partial charge is 0.161 e. The molecule has 0 atom stereocenters. The standard InChI is InChI=1S/C22H19ClFNO2S/c1-26-21-12-17(22(28)25-13-15-4-9-19(24)10-5-15)6-11-20(21)27-14-16-2-7-18(23)8-3-16/h2-12H,13-14H2,1H3,(H,25,28). The van der Waals surface area contributed by atoms with Crippen LogP contribution in [0.5, 0.6) is 11.5 Å². The van der Waals surface area contributed by atoms with Crippen molar-refractivity contribution in [2.75, 3.05) is 7.11 Å². The number of hydrogen-bond acceptors (Lipinski definition) is 3. The van der Waals surface area contributed by atoms with E-state index in [2.05, 4.69) is 5.32 Å². The van der Waals surface area contributed by atoms with E-state index in [0.29, 0.717) is 34.7 Å². The van der Waals surface area contributed by atoms with E-state index in [1.165, 1.54) is 12.1 Å². The zero-order chi connectivity index (χ0) is 19.9. The van der Waals surface area contributed by atoms with E-state index in [1.54, 1.807) is 19.2 Å². The molecule has 0 bridgehead atoms. The molecule has 3 rings (SSSR count). The summed E-state index contributed by atoms with van der Waals surface area (Å²) in [5.74, 6) is 0.963. The van der Waals surface area contributed by atoms with Gasteiger partial charge in [0.2, 0.25) is 0 Å². The van der Waals surface area contributed by atoms with Gasteiger partial charge in [0.05, 0.1) is 7.11 Å². The fourth-order valence-corrected chi connectivity index (χ4v) is 2.88. The Hall–Kier alpha value is -2.63. The van der Waals surface area contributed by atoms with Crippen molar-refractivity contribution in [1.82, 2.24) is 5.32 Å². The molecule has 0 amide bonds. The third kappa shape index (κ3) is 5.44. The maximum absolute atomic E-state index is 13.0. The van der Waals surface area contributed by atoms with Crippen LogP contribution in [0.15, 0.2) is 66.7 Å². The Balaban J connectivity index is 1.63. The quantitative estimate of drug-likeness (QED) is 0.514. The van der Waals surface area contributed by atoms with Gasteiger partial charge in [-0.3, -0.25) is 0 Å². The van der Waals surface area contributed by atoms with Crippen LogP contribution in [0.25, 0.3) is 0 Å². The fraction of sp³-hybridized carbons (Fsp3) is 0.136. The van der Waals surface area contributed by atoms with Crippen molar-refractivity contribution in [1.29, 1.82) is 0 Å². The van der Waals surface area contributed by atoms with Crippen LogP contribution in [-0.4, -0.2) is 12.1 Å². The second-order valence-corrected chi connectivity index (χ2v) is 6.93. The first-order valence-corrected chi connectivity index (χ1v) is 9.41. The van der Waals surface area contributed by atoms with E-state index in [4.69, 9.17) is 33.3 Å². The highest BCUT2D eigenvalue weighted by Gasteiger charge is 2.09. The molecule has 0 heterocycles. The van der Waals surface area contributed by atoms with Crippen LogP contribution in [0.4, 0.5) is 4.39 Å². The van der Waals surface area contributed by atoms with E-state index < -0.39 is 0 Å². The molecule has 3 aromatic rings. The lowest BCUT2D eigenvalue weighted by Crippen LogP contribution is -2.21. The molecule has 0 aliphatic rings. The summed E-state index contributed by atoms with van der Waals surface area (Å²) in [6, 6.07) is 19.3. The zero-order valence-corrected chi connectivity index (χ0v) is 16.8. The maximum atomic E-state index is 13.0. The van der Waals surface area contributed by atoms with Crippen molar-refractivity contribution < 1.29 is 13.9 Å². The van der Waals surface area contributed by atoms with E-state index in [9.17, 15) is 4.39 Å². The Kier molecular flexibility index (Phi) is 6.85. The molecule has 0 aromatic heterocycles.